The Morgan fingerprint density at radius 3 is 2.65 bits per heavy atom. The maximum absolute atomic E-state index is 9.22. The summed E-state index contributed by atoms with van der Waals surface area (Å²) in [7, 11) is 0. The minimum atomic E-state index is 0.148. The topological polar surface area (TPSA) is 35.8 Å². The molecule has 0 aromatic rings. The second kappa shape index (κ2) is 3.71. The Kier molecular flexibility index (Phi) is 2.51. The van der Waals surface area contributed by atoms with Gasteiger partial charge >= 0.3 is 0 Å². The van der Waals surface area contributed by atoms with Crippen LogP contribution in [0.4, 0.5) is 0 Å². The van der Waals surface area contributed by atoms with Crippen LogP contribution < -0.4 is 0 Å². The molecule has 17 heavy (non-hydrogen) atoms. The molecular weight excluding hydrogens is 212 g/mol. The first-order valence-electron chi connectivity index (χ1n) is 7.04. The van der Waals surface area contributed by atoms with Crippen LogP contribution in [0.1, 0.15) is 46.0 Å². The fraction of sp³-hybridized carbons (Fsp3) is 0.929. The monoisotopic (exact) mass is 236 g/mol. The zero-order valence-corrected chi connectivity index (χ0v) is 11.1. The average Bonchev–Trinajstić information content (AvgIpc) is 2.93. The molecule has 0 radical (unpaired) electrons. The third-order valence-corrected chi connectivity index (χ3v) is 6.10. The molecule has 3 rings (SSSR count). The van der Waals surface area contributed by atoms with Crippen molar-refractivity contribution in [2.24, 2.45) is 21.9 Å². The quantitative estimate of drug-likeness (QED) is 0.591. The third-order valence-electron chi connectivity index (χ3n) is 6.10. The van der Waals surface area contributed by atoms with E-state index >= 15 is 0 Å². The number of fused-ring (bicyclic) bond motifs is 2. The highest BCUT2D eigenvalue weighted by Crippen LogP contribution is 2.64. The maximum atomic E-state index is 9.22. The van der Waals surface area contributed by atoms with Crippen molar-refractivity contribution in [3.63, 3.8) is 0 Å². The number of rotatable bonds is 2. The summed E-state index contributed by atoms with van der Waals surface area (Å²) in [6.07, 6.45) is 6.27. The molecule has 3 nitrogen and oxygen atoms in total. The Morgan fingerprint density at radius 2 is 2.06 bits per heavy atom. The lowest BCUT2D eigenvalue weighted by Crippen LogP contribution is -2.43. The largest absolute Gasteiger partial charge is 0.411 e. The van der Waals surface area contributed by atoms with Gasteiger partial charge in [0.25, 0.3) is 0 Å². The zero-order valence-electron chi connectivity index (χ0n) is 11.1. The number of hydrogen-bond donors (Lipinski definition) is 1. The van der Waals surface area contributed by atoms with E-state index in [4.69, 9.17) is 0 Å². The molecule has 1 aliphatic heterocycles. The highest BCUT2D eigenvalue weighted by molar-refractivity contribution is 5.94. The van der Waals surface area contributed by atoms with Crippen molar-refractivity contribution in [3.05, 3.63) is 0 Å². The predicted octanol–water partition coefficient (Wildman–Crippen LogP) is 2.74. The van der Waals surface area contributed by atoms with Crippen LogP contribution in [0.3, 0.4) is 0 Å². The van der Waals surface area contributed by atoms with Gasteiger partial charge in [0.15, 0.2) is 0 Å². The summed E-state index contributed by atoms with van der Waals surface area (Å²) in [5.74, 6) is 0.735. The van der Waals surface area contributed by atoms with E-state index in [0.29, 0.717) is 5.41 Å². The van der Waals surface area contributed by atoms with Crippen LogP contribution in [0.5, 0.6) is 0 Å². The molecule has 1 N–H and O–H groups in total. The molecular formula is C14H24N2O. The Balaban J connectivity index is 1.86. The fourth-order valence-electron chi connectivity index (χ4n) is 4.64. The Labute approximate surface area is 104 Å². The molecule has 3 atom stereocenters. The molecule has 3 aliphatic rings. The lowest BCUT2D eigenvalue weighted by atomic mass is 9.68. The van der Waals surface area contributed by atoms with E-state index in [-0.39, 0.29) is 5.41 Å². The minimum absolute atomic E-state index is 0.148. The van der Waals surface area contributed by atoms with Gasteiger partial charge in [-0.1, -0.05) is 19.0 Å². The van der Waals surface area contributed by atoms with Gasteiger partial charge in [-0.25, -0.2) is 0 Å². The van der Waals surface area contributed by atoms with Crippen LogP contribution >= 0.6 is 0 Å². The Morgan fingerprint density at radius 1 is 1.35 bits per heavy atom. The summed E-state index contributed by atoms with van der Waals surface area (Å²) in [6.45, 7) is 8.49. The molecule has 2 aliphatic carbocycles. The standard InChI is InChI=1S/C14H24N2O/c1-13-6-5-11(9-12(13)15-17)14(13,2)10-16-7-3-4-8-16/h11,17H,3-10H2,1-2H3/b15-12+. The Hall–Kier alpha value is -0.570. The summed E-state index contributed by atoms with van der Waals surface area (Å²) < 4.78 is 0. The van der Waals surface area contributed by atoms with E-state index in [0.717, 1.165) is 18.1 Å². The maximum Gasteiger partial charge on any atom is 0.0638 e. The fourth-order valence-corrected chi connectivity index (χ4v) is 4.64. The minimum Gasteiger partial charge on any atom is -0.411 e. The van der Waals surface area contributed by atoms with Crippen molar-refractivity contribution >= 4 is 5.71 Å². The highest BCUT2D eigenvalue weighted by Gasteiger charge is 2.63. The van der Waals surface area contributed by atoms with Crippen molar-refractivity contribution in [2.45, 2.75) is 46.0 Å². The van der Waals surface area contributed by atoms with Crippen molar-refractivity contribution in [1.29, 1.82) is 0 Å². The molecule has 3 unspecified atom stereocenters. The van der Waals surface area contributed by atoms with Crippen molar-refractivity contribution in [3.8, 4) is 0 Å². The van der Waals surface area contributed by atoms with Crippen molar-refractivity contribution < 1.29 is 5.21 Å². The van der Waals surface area contributed by atoms with Crippen LogP contribution in [0.15, 0.2) is 5.16 Å². The van der Waals surface area contributed by atoms with Crippen LogP contribution in [-0.2, 0) is 0 Å². The van der Waals surface area contributed by atoms with Crippen LogP contribution in [0, 0.1) is 16.7 Å². The van der Waals surface area contributed by atoms with Crippen LogP contribution in [0.2, 0.25) is 0 Å². The zero-order chi connectivity index (χ0) is 12.1. The van der Waals surface area contributed by atoms with Crippen molar-refractivity contribution in [1.82, 2.24) is 4.90 Å². The average molecular weight is 236 g/mol. The van der Waals surface area contributed by atoms with Crippen molar-refractivity contribution in [2.75, 3.05) is 19.6 Å². The van der Waals surface area contributed by atoms with Gasteiger partial charge in [0.1, 0.15) is 0 Å². The first-order chi connectivity index (χ1) is 8.10. The molecule has 0 aromatic heterocycles. The SMILES string of the molecule is CC12CCC(C/C1=N\O)C2(C)CN1CCCC1. The van der Waals surface area contributed by atoms with Gasteiger partial charge in [-0.3, -0.25) is 0 Å². The first-order valence-corrected chi connectivity index (χ1v) is 7.04. The van der Waals surface area contributed by atoms with E-state index < -0.39 is 0 Å². The van der Waals surface area contributed by atoms with E-state index in [1.807, 2.05) is 0 Å². The third kappa shape index (κ3) is 1.41. The molecule has 0 aromatic carbocycles. The molecule has 96 valence electrons. The predicted molar refractivity (Wildman–Crippen MR) is 68.5 cm³/mol. The highest BCUT2D eigenvalue weighted by atomic mass is 16.4. The summed E-state index contributed by atoms with van der Waals surface area (Å²) in [5, 5.41) is 12.8. The number of oxime groups is 1. The van der Waals surface area contributed by atoms with E-state index in [1.54, 1.807) is 0 Å². The van der Waals surface area contributed by atoms with Gasteiger partial charge in [0.05, 0.1) is 5.71 Å². The normalized spacial score (nSPS) is 48.4. The van der Waals surface area contributed by atoms with E-state index in [1.165, 1.54) is 45.3 Å². The first kappa shape index (κ1) is 11.5. The van der Waals surface area contributed by atoms with E-state index in [2.05, 4.69) is 23.9 Å². The van der Waals surface area contributed by atoms with Gasteiger partial charge in [-0.05, 0) is 56.5 Å². The smallest absolute Gasteiger partial charge is 0.0638 e. The van der Waals surface area contributed by atoms with Gasteiger partial charge < -0.3 is 10.1 Å². The molecule has 0 spiro atoms. The summed E-state index contributed by atoms with van der Waals surface area (Å²) in [4.78, 5) is 2.62. The molecule has 2 bridgehead atoms. The van der Waals surface area contributed by atoms with Crippen LogP contribution in [0.25, 0.3) is 0 Å². The van der Waals surface area contributed by atoms with Gasteiger partial charge in [-0.15, -0.1) is 0 Å². The molecule has 0 amide bonds. The number of hydrogen-bond acceptors (Lipinski definition) is 3. The number of likely N-dealkylation sites (tertiary alicyclic amines) is 1. The summed E-state index contributed by atoms with van der Waals surface area (Å²) in [6, 6.07) is 0. The molecule has 1 saturated heterocycles. The van der Waals surface area contributed by atoms with Gasteiger partial charge in [0.2, 0.25) is 0 Å². The van der Waals surface area contributed by atoms with Crippen LogP contribution in [-0.4, -0.2) is 35.5 Å². The lowest BCUT2D eigenvalue weighted by molar-refractivity contribution is 0.0979. The number of nitrogens with zero attached hydrogens (tertiary/aromatic N) is 2. The molecule has 2 saturated carbocycles. The summed E-state index contributed by atoms with van der Waals surface area (Å²) in [5.41, 5.74) is 1.55. The lowest BCUT2D eigenvalue weighted by Gasteiger charge is -2.40. The summed E-state index contributed by atoms with van der Waals surface area (Å²) >= 11 is 0. The Bertz CT molecular complexity index is 348. The van der Waals surface area contributed by atoms with E-state index in [9.17, 15) is 5.21 Å². The molecule has 1 heterocycles. The molecule has 3 heteroatoms. The van der Waals surface area contributed by atoms with Gasteiger partial charge in [-0.2, -0.15) is 0 Å². The second-order valence-corrected chi connectivity index (χ2v) is 6.72. The second-order valence-electron chi connectivity index (χ2n) is 6.72. The molecule has 3 fully saturated rings. The van der Waals surface area contributed by atoms with Gasteiger partial charge in [0, 0.05) is 12.0 Å².